The van der Waals surface area contributed by atoms with Crippen molar-refractivity contribution in [2.75, 3.05) is 7.11 Å². The molecule has 25 heavy (non-hydrogen) atoms. The van der Waals surface area contributed by atoms with Crippen molar-refractivity contribution in [2.45, 2.75) is 102 Å². The van der Waals surface area contributed by atoms with E-state index < -0.39 is 0 Å². The Morgan fingerprint density at radius 1 is 0.960 bits per heavy atom. The summed E-state index contributed by atoms with van der Waals surface area (Å²) in [4.78, 5) is 0. The third-order valence-electron chi connectivity index (χ3n) is 7.02. The smallest absolute Gasteiger partial charge is 0.0909 e. The molecule has 0 spiro atoms. The molecule has 0 aromatic heterocycles. The normalized spacial score (nSPS) is 33.4. The number of rotatable bonds is 9. The minimum absolute atomic E-state index is 0.165. The Hall–Kier alpha value is -0.810. The minimum Gasteiger partial charge on any atom is -0.374 e. The molecule has 0 atom stereocenters. The zero-order valence-electron chi connectivity index (χ0n) is 16.6. The average Bonchev–Trinajstić information content (AvgIpc) is 2.67. The zero-order chi connectivity index (χ0) is 18.0. The lowest BCUT2D eigenvalue weighted by atomic mass is 9.67. The van der Waals surface area contributed by atoms with Gasteiger partial charge in [0.2, 0.25) is 0 Å². The van der Waals surface area contributed by atoms with Crippen molar-refractivity contribution in [2.24, 2.45) is 17.8 Å². The lowest BCUT2D eigenvalue weighted by Crippen LogP contribution is -2.36. The second-order valence-corrected chi connectivity index (χ2v) is 8.55. The van der Waals surface area contributed by atoms with E-state index in [-0.39, 0.29) is 5.60 Å². The molecule has 2 aliphatic carbocycles. The predicted molar refractivity (Wildman–Crippen MR) is 105 cm³/mol. The number of ether oxygens (including phenoxy) is 1. The van der Waals surface area contributed by atoms with Crippen LogP contribution in [0, 0.1) is 29.1 Å². The summed E-state index contributed by atoms with van der Waals surface area (Å²) in [6.07, 6.45) is 22.8. The van der Waals surface area contributed by atoms with Crippen LogP contribution in [0.4, 0.5) is 0 Å². The van der Waals surface area contributed by atoms with Crippen molar-refractivity contribution >= 4 is 0 Å². The van der Waals surface area contributed by atoms with Crippen LogP contribution in [0.5, 0.6) is 0 Å². The summed E-state index contributed by atoms with van der Waals surface area (Å²) in [6.45, 7) is 2.29. The summed E-state index contributed by atoms with van der Waals surface area (Å²) in [5, 5.41) is 8.80. The average molecular weight is 346 g/mol. The summed E-state index contributed by atoms with van der Waals surface area (Å²) in [6, 6.07) is 2.12. The molecule has 0 aliphatic heterocycles. The first kappa shape index (κ1) is 20.5. The minimum atomic E-state index is -0.165. The third-order valence-corrected chi connectivity index (χ3v) is 7.02. The van der Waals surface area contributed by atoms with Gasteiger partial charge in [0.1, 0.15) is 0 Å². The molecule has 2 nitrogen and oxygen atoms in total. The Morgan fingerprint density at radius 3 is 2.20 bits per heavy atom. The van der Waals surface area contributed by atoms with E-state index in [1.54, 1.807) is 13.2 Å². The number of nitrogens with zero attached hydrogens (tertiary/aromatic N) is 1. The van der Waals surface area contributed by atoms with Gasteiger partial charge in [-0.2, -0.15) is 5.26 Å². The van der Waals surface area contributed by atoms with Gasteiger partial charge in [0.05, 0.1) is 11.7 Å². The number of hydrogen-bond acceptors (Lipinski definition) is 2. The second-order valence-electron chi connectivity index (χ2n) is 8.55. The lowest BCUT2D eigenvalue weighted by molar-refractivity contribution is -0.0200. The maximum absolute atomic E-state index is 8.80. The van der Waals surface area contributed by atoms with Crippen LogP contribution in [0.15, 0.2) is 12.2 Å². The standard InChI is InChI=1S/C23H39NO/c1-3-4-5-6-7-9-20-10-12-21(13-11-20)22-14-17-23(25-2,18-15-22)16-8-19-24/h8,16,20-22H,3-7,9-15,17-18H2,1-2H3/t20-,21-,22-,23+. The second kappa shape index (κ2) is 11.0. The SMILES string of the molecule is CCCCCCC[C@H]1CC[C@H]([C@H]2CC[C@@](C=CC#N)(OC)CC2)CC1. The quantitative estimate of drug-likeness (QED) is 0.340. The highest BCUT2D eigenvalue weighted by Crippen LogP contribution is 2.44. The summed E-state index contributed by atoms with van der Waals surface area (Å²) in [7, 11) is 1.80. The van der Waals surface area contributed by atoms with Crippen LogP contribution < -0.4 is 0 Å². The number of methoxy groups -OCH3 is 1. The fraction of sp³-hybridized carbons (Fsp3) is 0.870. The number of hydrogen-bond donors (Lipinski definition) is 0. The number of nitriles is 1. The van der Waals surface area contributed by atoms with Crippen LogP contribution in [0.2, 0.25) is 0 Å². The first-order valence-electron chi connectivity index (χ1n) is 10.9. The first-order chi connectivity index (χ1) is 12.2. The van der Waals surface area contributed by atoms with Gasteiger partial charge in [0, 0.05) is 13.2 Å². The van der Waals surface area contributed by atoms with Crippen LogP contribution in [0.1, 0.15) is 96.8 Å². The summed E-state index contributed by atoms with van der Waals surface area (Å²) < 4.78 is 5.77. The van der Waals surface area contributed by atoms with Crippen LogP contribution in [0.3, 0.4) is 0 Å². The van der Waals surface area contributed by atoms with E-state index in [0.717, 1.165) is 30.6 Å². The highest BCUT2D eigenvalue weighted by Gasteiger charge is 2.37. The van der Waals surface area contributed by atoms with Crippen molar-refractivity contribution in [3.8, 4) is 6.07 Å². The molecule has 142 valence electrons. The third kappa shape index (κ3) is 6.45. The Morgan fingerprint density at radius 2 is 1.60 bits per heavy atom. The molecule has 0 bridgehead atoms. The number of unbranched alkanes of at least 4 members (excludes halogenated alkanes) is 4. The maximum atomic E-state index is 8.80. The van der Waals surface area contributed by atoms with E-state index in [9.17, 15) is 0 Å². The van der Waals surface area contributed by atoms with Crippen molar-refractivity contribution in [3.63, 3.8) is 0 Å². The Labute approximate surface area is 156 Å². The first-order valence-corrected chi connectivity index (χ1v) is 10.9. The van der Waals surface area contributed by atoms with E-state index >= 15 is 0 Å². The molecule has 2 aliphatic rings. The lowest BCUT2D eigenvalue weighted by Gasteiger charge is -2.41. The monoisotopic (exact) mass is 345 g/mol. The Balaban J connectivity index is 1.67. The molecule has 2 rings (SSSR count). The largest absolute Gasteiger partial charge is 0.374 e. The Kier molecular flexibility index (Phi) is 9.04. The summed E-state index contributed by atoms with van der Waals surface area (Å²) in [5.74, 6) is 2.86. The molecule has 0 saturated heterocycles. The van der Waals surface area contributed by atoms with Gasteiger partial charge in [0.25, 0.3) is 0 Å². The summed E-state index contributed by atoms with van der Waals surface area (Å²) >= 11 is 0. The highest BCUT2D eigenvalue weighted by molar-refractivity contribution is 5.12. The number of allylic oxidation sites excluding steroid dienone is 1. The van der Waals surface area contributed by atoms with E-state index in [4.69, 9.17) is 10.00 Å². The Bertz CT molecular complexity index is 420. The molecule has 0 amide bonds. The van der Waals surface area contributed by atoms with Crippen molar-refractivity contribution in [3.05, 3.63) is 12.2 Å². The molecule has 0 aromatic rings. The van der Waals surface area contributed by atoms with Gasteiger partial charge in [0.15, 0.2) is 0 Å². The van der Waals surface area contributed by atoms with Crippen molar-refractivity contribution in [1.29, 1.82) is 5.26 Å². The van der Waals surface area contributed by atoms with Gasteiger partial charge in [-0.05, 0) is 62.4 Å². The van der Waals surface area contributed by atoms with Gasteiger partial charge < -0.3 is 4.74 Å². The van der Waals surface area contributed by atoms with Gasteiger partial charge in [-0.1, -0.05) is 58.3 Å². The maximum Gasteiger partial charge on any atom is 0.0909 e. The zero-order valence-corrected chi connectivity index (χ0v) is 16.6. The van der Waals surface area contributed by atoms with Crippen LogP contribution in [-0.2, 0) is 4.74 Å². The van der Waals surface area contributed by atoms with Crippen LogP contribution in [-0.4, -0.2) is 12.7 Å². The molecule has 2 fully saturated rings. The fourth-order valence-electron chi connectivity index (χ4n) is 5.21. The van der Waals surface area contributed by atoms with Crippen LogP contribution in [0.25, 0.3) is 0 Å². The van der Waals surface area contributed by atoms with E-state index in [1.165, 1.54) is 77.0 Å². The van der Waals surface area contributed by atoms with E-state index in [0.29, 0.717) is 0 Å². The molecule has 0 aromatic carbocycles. The van der Waals surface area contributed by atoms with Gasteiger partial charge in [-0.25, -0.2) is 0 Å². The molecule has 0 N–H and O–H groups in total. The van der Waals surface area contributed by atoms with Crippen molar-refractivity contribution < 1.29 is 4.74 Å². The molecule has 0 heterocycles. The fourth-order valence-corrected chi connectivity index (χ4v) is 5.21. The summed E-state index contributed by atoms with van der Waals surface area (Å²) in [5.41, 5.74) is -0.165. The molecule has 2 saturated carbocycles. The van der Waals surface area contributed by atoms with E-state index in [1.807, 2.05) is 6.08 Å². The van der Waals surface area contributed by atoms with Crippen LogP contribution >= 0.6 is 0 Å². The van der Waals surface area contributed by atoms with Gasteiger partial charge >= 0.3 is 0 Å². The van der Waals surface area contributed by atoms with Gasteiger partial charge in [-0.3, -0.25) is 0 Å². The van der Waals surface area contributed by atoms with Crippen molar-refractivity contribution in [1.82, 2.24) is 0 Å². The molecule has 0 unspecified atom stereocenters. The molecular formula is C23H39NO. The topological polar surface area (TPSA) is 33.0 Å². The highest BCUT2D eigenvalue weighted by atomic mass is 16.5. The molecule has 0 radical (unpaired) electrons. The van der Waals surface area contributed by atoms with E-state index in [2.05, 4.69) is 13.0 Å². The van der Waals surface area contributed by atoms with Gasteiger partial charge in [-0.15, -0.1) is 0 Å². The predicted octanol–water partition coefficient (Wildman–Crippen LogP) is 6.81. The molecular weight excluding hydrogens is 306 g/mol. The molecule has 2 heteroatoms.